The highest BCUT2D eigenvalue weighted by Gasteiger charge is 2.39. The summed E-state index contributed by atoms with van der Waals surface area (Å²) >= 11 is 0. The Labute approximate surface area is 191 Å². The van der Waals surface area contributed by atoms with E-state index in [1.54, 1.807) is 25.1 Å². The topological polar surface area (TPSA) is 40.5 Å². The van der Waals surface area contributed by atoms with Gasteiger partial charge in [-0.2, -0.15) is 13.2 Å². The van der Waals surface area contributed by atoms with Crippen LogP contribution in [0.25, 0.3) is 0 Å². The molecule has 1 unspecified atom stereocenters. The van der Waals surface area contributed by atoms with Crippen LogP contribution >= 0.6 is 0 Å². The molecule has 2 aliphatic rings. The number of rotatable bonds is 5. The van der Waals surface area contributed by atoms with Gasteiger partial charge in [-0.25, -0.2) is 4.39 Å². The Balaban J connectivity index is 1.95. The van der Waals surface area contributed by atoms with Crippen molar-refractivity contribution in [3.63, 3.8) is 0 Å². The zero-order valence-corrected chi connectivity index (χ0v) is 18.4. The number of piperidine rings is 1. The molecule has 1 aromatic carbocycles. The standard InChI is InChI=1S/C26H27F4NO2/c1-17(2)3-12-23(19-6-10-22(27)11-7-19)31-14-13-18(16-25(32)33)15-24(31)20-4-8-21(9-5-20)26(28,29)30/h4,6-11,18,20,23-24H,1,5,13-16H2,2H3,(H,32,33)/t18-,20?,23-,24+/m0/s1. The van der Waals surface area contributed by atoms with Crippen molar-refractivity contribution in [1.82, 2.24) is 4.90 Å². The second-order valence-corrected chi connectivity index (χ2v) is 8.71. The minimum absolute atomic E-state index is 0.0169. The first-order valence-corrected chi connectivity index (χ1v) is 10.9. The van der Waals surface area contributed by atoms with Gasteiger partial charge in [-0.05, 0) is 61.3 Å². The van der Waals surface area contributed by atoms with Crippen LogP contribution in [0.3, 0.4) is 0 Å². The van der Waals surface area contributed by atoms with E-state index in [1.165, 1.54) is 18.2 Å². The summed E-state index contributed by atoms with van der Waals surface area (Å²) in [5.41, 5.74) is 0.772. The molecule has 1 heterocycles. The lowest BCUT2D eigenvalue weighted by Gasteiger charge is -2.45. The van der Waals surface area contributed by atoms with Crippen molar-refractivity contribution in [1.29, 1.82) is 0 Å². The van der Waals surface area contributed by atoms with Crippen molar-refractivity contribution in [2.75, 3.05) is 6.54 Å². The number of hydrogen-bond acceptors (Lipinski definition) is 2. The van der Waals surface area contributed by atoms with Crippen molar-refractivity contribution in [2.45, 2.75) is 50.9 Å². The molecule has 1 saturated heterocycles. The molecule has 0 radical (unpaired) electrons. The van der Waals surface area contributed by atoms with Crippen LogP contribution in [0, 0.1) is 29.5 Å². The summed E-state index contributed by atoms with van der Waals surface area (Å²) in [4.78, 5) is 13.4. The third kappa shape index (κ3) is 6.58. The Hall–Kier alpha value is -2.85. The highest BCUT2D eigenvalue weighted by Crippen LogP contribution is 2.40. The van der Waals surface area contributed by atoms with Gasteiger partial charge in [0.1, 0.15) is 5.82 Å². The van der Waals surface area contributed by atoms with Crippen LogP contribution in [0.15, 0.2) is 60.2 Å². The van der Waals surface area contributed by atoms with Crippen molar-refractivity contribution in [2.24, 2.45) is 11.8 Å². The summed E-state index contributed by atoms with van der Waals surface area (Å²) < 4.78 is 52.8. The van der Waals surface area contributed by atoms with Crippen molar-refractivity contribution in [3.05, 3.63) is 71.6 Å². The molecule has 1 fully saturated rings. The summed E-state index contributed by atoms with van der Waals surface area (Å²) in [7, 11) is 0. The number of likely N-dealkylation sites (tertiary alicyclic amines) is 1. The van der Waals surface area contributed by atoms with Gasteiger partial charge in [-0.1, -0.05) is 48.8 Å². The lowest BCUT2D eigenvalue weighted by Crippen LogP contribution is -2.48. The first-order valence-electron chi connectivity index (χ1n) is 10.9. The van der Waals surface area contributed by atoms with Crippen LogP contribution in [0.4, 0.5) is 17.6 Å². The summed E-state index contributed by atoms with van der Waals surface area (Å²) in [6.45, 7) is 6.14. The highest BCUT2D eigenvalue weighted by atomic mass is 19.4. The van der Waals surface area contributed by atoms with Gasteiger partial charge in [-0.15, -0.1) is 0 Å². The molecule has 7 heteroatoms. The molecule has 0 spiro atoms. The van der Waals surface area contributed by atoms with Crippen LogP contribution < -0.4 is 0 Å². The van der Waals surface area contributed by atoms with E-state index in [0.29, 0.717) is 25.0 Å². The molecule has 1 aromatic rings. The minimum Gasteiger partial charge on any atom is -0.481 e. The number of hydrogen-bond donors (Lipinski definition) is 1. The average Bonchev–Trinajstić information content (AvgIpc) is 2.74. The van der Waals surface area contributed by atoms with Gasteiger partial charge in [0.05, 0.1) is 11.6 Å². The summed E-state index contributed by atoms with van der Waals surface area (Å²) in [6, 6.07) is 5.41. The smallest absolute Gasteiger partial charge is 0.416 e. The zero-order valence-electron chi connectivity index (χ0n) is 18.4. The maximum atomic E-state index is 13.6. The molecule has 1 aliphatic heterocycles. The summed E-state index contributed by atoms with van der Waals surface area (Å²) in [5, 5.41) is 9.28. The fourth-order valence-corrected chi connectivity index (χ4v) is 4.59. The molecule has 0 amide bonds. The van der Waals surface area contributed by atoms with E-state index in [0.717, 1.165) is 11.6 Å². The first kappa shape index (κ1) is 24.8. The molecular weight excluding hydrogens is 434 g/mol. The van der Waals surface area contributed by atoms with E-state index in [1.807, 2.05) is 0 Å². The van der Waals surface area contributed by atoms with Gasteiger partial charge >= 0.3 is 12.1 Å². The fraction of sp³-hybridized carbons (Fsp3) is 0.423. The van der Waals surface area contributed by atoms with Gasteiger partial charge in [0.25, 0.3) is 0 Å². The van der Waals surface area contributed by atoms with Crippen LogP contribution in [0.2, 0.25) is 0 Å². The van der Waals surface area contributed by atoms with Crippen LogP contribution in [-0.2, 0) is 4.79 Å². The second kappa shape index (κ2) is 10.4. The van der Waals surface area contributed by atoms with Gasteiger partial charge < -0.3 is 5.11 Å². The molecule has 33 heavy (non-hydrogen) atoms. The minimum atomic E-state index is -4.40. The Morgan fingerprint density at radius 2 is 2.00 bits per heavy atom. The largest absolute Gasteiger partial charge is 0.481 e. The third-order valence-electron chi connectivity index (χ3n) is 6.15. The van der Waals surface area contributed by atoms with Crippen molar-refractivity contribution < 1.29 is 27.5 Å². The number of halogens is 4. The SMILES string of the molecule is C=C(C)C#C[C@@H](c1ccc(F)cc1)N1CC[C@H](CC(=O)O)C[C@@H]1C1C=CC(C(F)(F)F)=CC1. The predicted octanol–water partition coefficient (Wildman–Crippen LogP) is 6.07. The Morgan fingerprint density at radius 3 is 2.55 bits per heavy atom. The second-order valence-electron chi connectivity index (χ2n) is 8.71. The Bertz CT molecular complexity index is 998. The Morgan fingerprint density at radius 1 is 1.30 bits per heavy atom. The van der Waals surface area contributed by atoms with Gasteiger partial charge in [0.15, 0.2) is 0 Å². The predicted molar refractivity (Wildman–Crippen MR) is 119 cm³/mol. The van der Waals surface area contributed by atoms with E-state index < -0.39 is 23.8 Å². The van der Waals surface area contributed by atoms with Crippen LogP contribution in [-0.4, -0.2) is 34.7 Å². The maximum absolute atomic E-state index is 13.6. The summed E-state index contributed by atoms with van der Waals surface area (Å²) in [5.74, 6) is 4.64. The number of carbonyl (C=O) groups is 1. The number of allylic oxidation sites excluding steroid dienone is 4. The van der Waals surface area contributed by atoms with E-state index in [9.17, 15) is 27.5 Å². The molecule has 176 valence electrons. The molecule has 1 N–H and O–H groups in total. The molecule has 3 nitrogen and oxygen atoms in total. The lowest BCUT2D eigenvalue weighted by molar-refractivity contribution is -0.138. The Kier molecular flexibility index (Phi) is 7.80. The van der Waals surface area contributed by atoms with E-state index in [-0.39, 0.29) is 36.5 Å². The number of carboxylic acids is 1. The number of carboxylic acid groups (broad SMARTS) is 1. The molecule has 0 aromatic heterocycles. The lowest BCUT2D eigenvalue weighted by atomic mass is 9.78. The van der Waals surface area contributed by atoms with Gasteiger partial charge in [0.2, 0.25) is 0 Å². The quantitative estimate of drug-likeness (QED) is 0.428. The van der Waals surface area contributed by atoms with E-state index in [4.69, 9.17) is 0 Å². The van der Waals surface area contributed by atoms with Crippen molar-refractivity contribution >= 4 is 5.97 Å². The van der Waals surface area contributed by atoms with Crippen molar-refractivity contribution in [3.8, 4) is 11.8 Å². The molecule has 4 atom stereocenters. The molecule has 0 saturated carbocycles. The fourth-order valence-electron chi connectivity index (χ4n) is 4.59. The highest BCUT2D eigenvalue weighted by molar-refractivity contribution is 5.67. The maximum Gasteiger partial charge on any atom is 0.416 e. The van der Waals surface area contributed by atoms with Crippen LogP contribution in [0.5, 0.6) is 0 Å². The molecule has 3 rings (SSSR count). The number of alkyl halides is 3. The van der Waals surface area contributed by atoms with Crippen LogP contribution in [0.1, 0.15) is 44.2 Å². The number of nitrogens with zero attached hydrogens (tertiary/aromatic N) is 1. The van der Waals surface area contributed by atoms with Gasteiger partial charge in [0, 0.05) is 19.0 Å². The van der Waals surface area contributed by atoms with Gasteiger partial charge in [-0.3, -0.25) is 9.69 Å². The molecule has 0 bridgehead atoms. The van der Waals surface area contributed by atoms with E-state index >= 15 is 0 Å². The molecular formula is C26H27F4NO2. The monoisotopic (exact) mass is 461 g/mol. The third-order valence-corrected chi connectivity index (χ3v) is 6.15. The summed E-state index contributed by atoms with van der Waals surface area (Å²) in [6.07, 6.45) is 0.883. The number of aliphatic carboxylic acids is 1. The first-order chi connectivity index (χ1) is 15.5. The normalized spacial score (nSPS) is 24.4. The molecule has 1 aliphatic carbocycles. The van der Waals surface area contributed by atoms with E-state index in [2.05, 4.69) is 23.3 Å². The number of benzene rings is 1. The zero-order chi connectivity index (χ0) is 24.2. The average molecular weight is 461 g/mol.